The number of fused-ring (bicyclic) bond motifs is 1. The predicted molar refractivity (Wildman–Crippen MR) is 112 cm³/mol. The lowest BCUT2D eigenvalue weighted by Crippen LogP contribution is -2.55. The molecule has 9 heteroatoms. The number of amides is 1. The van der Waals surface area contributed by atoms with Crippen molar-refractivity contribution in [2.45, 2.75) is 51.1 Å². The summed E-state index contributed by atoms with van der Waals surface area (Å²) in [5, 5.41) is 1.97. The second-order valence-electron chi connectivity index (χ2n) is 7.59. The van der Waals surface area contributed by atoms with E-state index in [1.54, 1.807) is 22.9 Å². The molecular weight excluding hydrogens is 386 g/mol. The Labute approximate surface area is 173 Å². The van der Waals surface area contributed by atoms with Crippen molar-refractivity contribution < 1.29 is 4.79 Å². The number of aromatic nitrogens is 5. The first-order valence-corrected chi connectivity index (χ1v) is 11.0. The summed E-state index contributed by atoms with van der Waals surface area (Å²) in [7, 11) is 1.82. The van der Waals surface area contributed by atoms with Gasteiger partial charge in [0.05, 0.1) is 11.7 Å². The highest BCUT2D eigenvalue weighted by Crippen LogP contribution is 2.39. The Hall–Kier alpha value is -2.81. The van der Waals surface area contributed by atoms with E-state index < -0.39 is 0 Å². The Morgan fingerprint density at radius 2 is 2.00 bits per heavy atom. The lowest BCUT2D eigenvalue weighted by atomic mass is 10.0. The Bertz CT molecular complexity index is 1030. The van der Waals surface area contributed by atoms with Crippen molar-refractivity contribution in [2.24, 2.45) is 0 Å². The summed E-state index contributed by atoms with van der Waals surface area (Å²) in [6, 6.07) is 0.180. The van der Waals surface area contributed by atoms with Crippen LogP contribution >= 0.6 is 11.3 Å². The van der Waals surface area contributed by atoms with Gasteiger partial charge in [-0.2, -0.15) is 4.98 Å². The predicted octanol–water partition coefficient (Wildman–Crippen LogP) is 3.29. The zero-order valence-corrected chi connectivity index (χ0v) is 17.3. The monoisotopic (exact) mass is 409 g/mol. The third-order valence-corrected chi connectivity index (χ3v) is 6.49. The number of rotatable bonds is 4. The molecular formula is C20H23N7OS. The number of carbonyl (C=O) groups excluding carboxylic acids is 1. The number of imidazole rings is 1. The van der Waals surface area contributed by atoms with E-state index in [0.29, 0.717) is 12.0 Å². The Kier molecular flexibility index (Phi) is 4.54. The van der Waals surface area contributed by atoms with Gasteiger partial charge in [0, 0.05) is 24.7 Å². The summed E-state index contributed by atoms with van der Waals surface area (Å²) < 4.78 is 1.82. The van der Waals surface area contributed by atoms with Crippen LogP contribution in [0.25, 0.3) is 17.3 Å². The van der Waals surface area contributed by atoms with E-state index >= 15 is 0 Å². The van der Waals surface area contributed by atoms with E-state index in [0.717, 1.165) is 42.2 Å². The summed E-state index contributed by atoms with van der Waals surface area (Å²) in [6.45, 7) is 2.07. The molecule has 1 fully saturated rings. The van der Waals surface area contributed by atoms with Crippen molar-refractivity contribution in [3.05, 3.63) is 29.6 Å². The maximum Gasteiger partial charge on any atom is 0.249 e. The molecule has 2 aliphatic rings. The van der Waals surface area contributed by atoms with E-state index in [1.165, 1.54) is 24.2 Å². The van der Waals surface area contributed by atoms with Crippen LogP contribution in [0.15, 0.2) is 29.6 Å². The maximum absolute atomic E-state index is 13.0. The molecule has 8 nitrogen and oxygen atoms in total. The molecule has 0 bridgehead atoms. The van der Waals surface area contributed by atoms with E-state index in [-0.39, 0.29) is 11.9 Å². The normalized spacial score (nSPS) is 19.8. The minimum atomic E-state index is -0.174. The molecule has 150 valence electrons. The van der Waals surface area contributed by atoms with E-state index in [2.05, 4.69) is 26.8 Å². The zero-order valence-electron chi connectivity index (χ0n) is 16.5. The van der Waals surface area contributed by atoms with Gasteiger partial charge in [-0.1, -0.05) is 19.8 Å². The molecule has 0 N–H and O–H groups in total. The number of thiazole rings is 1. The summed E-state index contributed by atoms with van der Waals surface area (Å²) in [5.41, 5.74) is 4.20. The number of hydrogen-bond acceptors (Lipinski definition) is 7. The van der Waals surface area contributed by atoms with Crippen LogP contribution in [-0.2, 0) is 4.79 Å². The molecule has 4 heterocycles. The highest BCUT2D eigenvalue weighted by atomic mass is 32.1. The average molecular weight is 410 g/mol. The SMILES string of the molecule is CC[C@@H]1C(=O)N(C)c2cnc(-n3cnc(-c4cscn4)c3)nc2N1C1CCCC1. The zero-order chi connectivity index (χ0) is 20.0. The van der Waals surface area contributed by atoms with Crippen LogP contribution in [-0.4, -0.2) is 49.5 Å². The van der Waals surface area contributed by atoms with Gasteiger partial charge in [-0.25, -0.2) is 15.0 Å². The molecule has 3 aromatic rings. The number of anilines is 2. The van der Waals surface area contributed by atoms with Crippen molar-refractivity contribution in [3.8, 4) is 17.3 Å². The second kappa shape index (κ2) is 7.22. The molecule has 1 aliphatic carbocycles. The molecule has 0 unspecified atom stereocenters. The van der Waals surface area contributed by atoms with Crippen molar-refractivity contribution in [3.63, 3.8) is 0 Å². The quantitative estimate of drug-likeness (QED) is 0.658. The highest BCUT2D eigenvalue weighted by molar-refractivity contribution is 7.07. The van der Waals surface area contributed by atoms with Crippen LogP contribution in [0.2, 0.25) is 0 Å². The van der Waals surface area contributed by atoms with Crippen LogP contribution in [0.5, 0.6) is 0 Å². The van der Waals surface area contributed by atoms with E-state index in [9.17, 15) is 4.79 Å². The molecule has 0 radical (unpaired) electrons. The number of nitrogens with zero attached hydrogens (tertiary/aromatic N) is 7. The van der Waals surface area contributed by atoms with Gasteiger partial charge in [0.1, 0.15) is 29.4 Å². The molecule has 3 aromatic heterocycles. The first kappa shape index (κ1) is 18.2. The van der Waals surface area contributed by atoms with Gasteiger partial charge in [0.25, 0.3) is 0 Å². The van der Waals surface area contributed by atoms with Gasteiger partial charge in [-0.05, 0) is 19.3 Å². The minimum Gasteiger partial charge on any atom is -0.340 e. The van der Waals surface area contributed by atoms with Crippen LogP contribution < -0.4 is 9.80 Å². The fourth-order valence-electron chi connectivity index (χ4n) is 4.40. The van der Waals surface area contributed by atoms with Gasteiger partial charge >= 0.3 is 0 Å². The van der Waals surface area contributed by atoms with Crippen molar-refractivity contribution in [1.29, 1.82) is 0 Å². The summed E-state index contributed by atoms with van der Waals surface area (Å²) in [5.74, 6) is 1.52. The second-order valence-corrected chi connectivity index (χ2v) is 8.30. The first-order valence-electron chi connectivity index (χ1n) is 10.0. The molecule has 0 aromatic carbocycles. The molecule has 1 atom stereocenters. The minimum absolute atomic E-state index is 0.122. The first-order chi connectivity index (χ1) is 14.2. The average Bonchev–Trinajstić information content (AvgIpc) is 3.51. The van der Waals surface area contributed by atoms with Crippen LogP contribution in [0.3, 0.4) is 0 Å². The van der Waals surface area contributed by atoms with Crippen LogP contribution in [0.4, 0.5) is 11.5 Å². The lowest BCUT2D eigenvalue weighted by Gasteiger charge is -2.43. The van der Waals surface area contributed by atoms with E-state index in [1.807, 2.05) is 23.2 Å². The molecule has 29 heavy (non-hydrogen) atoms. The maximum atomic E-state index is 13.0. The van der Waals surface area contributed by atoms with Gasteiger partial charge in [-0.3, -0.25) is 9.36 Å². The fraction of sp³-hybridized carbons (Fsp3) is 0.450. The Balaban J connectivity index is 1.58. The number of carbonyl (C=O) groups is 1. The topological polar surface area (TPSA) is 80.0 Å². The molecule has 0 spiro atoms. The number of hydrogen-bond donors (Lipinski definition) is 0. The summed E-state index contributed by atoms with van der Waals surface area (Å²) in [4.78, 5) is 35.2. The summed E-state index contributed by atoms with van der Waals surface area (Å²) >= 11 is 1.54. The largest absolute Gasteiger partial charge is 0.340 e. The van der Waals surface area contributed by atoms with Gasteiger partial charge in [0.15, 0.2) is 5.82 Å². The lowest BCUT2D eigenvalue weighted by molar-refractivity contribution is -0.120. The van der Waals surface area contributed by atoms with Gasteiger partial charge in [-0.15, -0.1) is 11.3 Å². The third kappa shape index (κ3) is 3.00. The summed E-state index contributed by atoms with van der Waals surface area (Å²) in [6.07, 6.45) is 10.7. The van der Waals surface area contributed by atoms with Crippen molar-refractivity contribution in [1.82, 2.24) is 24.5 Å². The third-order valence-electron chi connectivity index (χ3n) is 5.91. The van der Waals surface area contributed by atoms with Crippen molar-refractivity contribution in [2.75, 3.05) is 16.8 Å². The molecule has 1 amide bonds. The smallest absolute Gasteiger partial charge is 0.249 e. The molecule has 0 saturated heterocycles. The number of likely N-dealkylation sites (N-methyl/N-ethyl adjacent to an activating group) is 1. The fourth-order valence-corrected chi connectivity index (χ4v) is 4.95. The highest BCUT2D eigenvalue weighted by Gasteiger charge is 2.41. The molecule has 1 aliphatic heterocycles. The Morgan fingerprint density at radius 3 is 2.72 bits per heavy atom. The van der Waals surface area contributed by atoms with Gasteiger partial charge < -0.3 is 9.80 Å². The van der Waals surface area contributed by atoms with Crippen LogP contribution in [0.1, 0.15) is 39.0 Å². The molecule has 5 rings (SSSR count). The van der Waals surface area contributed by atoms with Crippen LogP contribution in [0, 0.1) is 0 Å². The van der Waals surface area contributed by atoms with Crippen molar-refractivity contribution >= 4 is 28.7 Å². The Morgan fingerprint density at radius 1 is 1.17 bits per heavy atom. The van der Waals surface area contributed by atoms with Gasteiger partial charge in [0.2, 0.25) is 11.9 Å². The van der Waals surface area contributed by atoms with E-state index in [4.69, 9.17) is 4.98 Å². The molecule has 1 saturated carbocycles. The standard InChI is InChI=1S/C20H23N7OS/c1-3-16-19(28)25(2)17-8-21-20(24-18(17)27(16)13-6-4-5-7-13)26-9-14(22-11-26)15-10-29-12-23-15/h8-13,16H,3-7H2,1-2H3/t16-/m1/s1.